The first kappa shape index (κ1) is 22.5. The number of nitrogens with two attached hydrogens (primary N) is 2. The normalized spacial score (nSPS) is 16.6. The Balaban J connectivity index is 1.17. The van der Waals surface area contributed by atoms with Crippen molar-refractivity contribution in [2.24, 2.45) is 4.99 Å². The summed E-state index contributed by atoms with van der Waals surface area (Å²) in [7, 11) is 0. The monoisotopic (exact) mass is 495 g/mol. The Labute approximate surface area is 204 Å². The van der Waals surface area contributed by atoms with Gasteiger partial charge in [0.25, 0.3) is 11.8 Å². The number of anilines is 2. The number of nitrogens with one attached hydrogen (secondary N) is 2. The first-order valence-corrected chi connectivity index (χ1v) is 11.2. The van der Waals surface area contributed by atoms with Crippen molar-refractivity contribution in [3.63, 3.8) is 0 Å². The molecule has 5 rings (SSSR count). The van der Waals surface area contributed by atoms with Crippen LogP contribution in [0.3, 0.4) is 0 Å². The smallest absolute Gasteiger partial charge is 0.280 e. The van der Waals surface area contributed by atoms with Crippen molar-refractivity contribution in [1.29, 1.82) is 0 Å². The average Bonchev–Trinajstić information content (AvgIpc) is 3.52. The molecule has 6 N–H and O–H groups in total. The molecule has 1 spiro atoms. The van der Waals surface area contributed by atoms with Crippen molar-refractivity contribution in [3.05, 3.63) is 53.2 Å². The van der Waals surface area contributed by atoms with Crippen molar-refractivity contribution in [1.82, 2.24) is 40.3 Å². The molecule has 3 aromatic heterocycles. The lowest BCUT2D eigenvalue weighted by Gasteiger charge is -2.39. The molecule has 1 fully saturated rings. The van der Waals surface area contributed by atoms with Gasteiger partial charge in [-0.1, -0.05) is 11.6 Å². The van der Waals surface area contributed by atoms with Gasteiger partial charge in [0.1, 0.15) is 0 Å². The molecular formula is C21H22ClN11O2. The Morgan fingerprint density at radius 1 is 1.14 bits per heavy atom. The number of hydrogen-bond donors (Lipinski definition) is 4. The van der Waals surface area contributed by atoms with Gasteiger partial charge in [0.15, 0.2) is 34.3 Å². The molecule has 0 saturated carbocycles. The van der Waals surface area contributed by atoms with Crippen LogP contribution in [0, 0.1) is 0 Å². The van der Waals surface area contributed by atoms with E-state index in [1.807, 2.05) is 0 Å². The maximum Gasteiger partial charge on any atom is 0.280 e. The number of carbonyl (C=O) groups is 2. The fourth-order valence-electron chi connectivity index (χ4n) is 4.06. The minimum absolute atomic E-state index is 0.0538. The van der Waals surface area contributed by atoms with E-state index in [-0.39, 0.29) is 33.9 Å². The number of likely N-dealkylation sites (tertiary alicyclic amines) is 1. The molecular weight excluding hydrogens is 474 g/mol. The number of guanidine groups is 1. The molecule has 5 heterocycles. The predicted molar refractivity (Wildman–Crippen MR) is 128 cm³/mol. The highest BCUT2D eigenvalue weighted by atomic mass is 35.5. The number of halogens is 1. The van der Waals surface area contributed by atoms with Crippen LogP contribution in [0.15, 0.2) is 41.8 Å². The lowest BCUT2D eigenvalue weighted by molar-refractivity contribution is 0.0668. The van der Waals surface area contributed by atoms with Gasteiger partial charge in [0.2, 0.25) is 0 Å². The molecule has 0 radical (unpaired) electrons. The van der Waals surface area contributed by atoms with Crippen LogP contribution in [0.2, 0.25) is 5.15 Å². The molecule has 2 aliphatic rings. The summed E-state index contributed by atoms with van der Waals surface area (Å²) in [4.78, 5) is 43.8. The SMILES string of the molecule is Nc1nc(N)c(C(=O)NC2=NCC3(CCN(C(=O)c4ccc(-n5cccn5)nc4)CC3)N2)nc1Cl. The third kappa shape index (κ3) is 4.45. The third-order valence-corrected chi connectivity index (χ3v) is 6.30. The molecule has 0 atom stereocenters. The van der Waals surface area contributed by atoms with E-state index >= 15 is 0 Å². The molecule has 180 valence electrons. The van der Waals surface area contributed by atoms with Gasteiger partial charge in [-0.15, -0.1) is 0 Å². The number of nitrogens with zero attached hydrogens (tertiary/aromatic N) is 7. The van der Waals surface area contributed by atoms with Gasteiger partial charge >= 0.3 is 0 Å². The Morgan fingerprint density at radius 2 is 1.94 bits per heavy atom. The zero-order chi connectivity index (χ0) is 24.6. The van der Waals surface area contributed by atoms with E-state index in [2.05, 4.69) is 35.7 Å². The minimum atomic E-state index is -0.598. The van der Waals surface area contributed by atoms with Crippen molar-refractivity contribution in [2.45, 2.75) is 18.4 Å². The zero-order valence-electron chi connectivity index (χ0n) is 18.5. The maximum atomic E-state index is 13.0. The van der Waals surface area contributed by atoms with Crippen molar-refractivity contribution < 1.29 is 9.59 Å². The van der Waals surface area contributed by atoms with Gasteiger partial charge in [0, 0.05) is 31.7 Å². The molecule has 3 aromatic rings. The molecule has 35 heavy (non-hydrogen) atoms. The summed E-state index contributed by atoms with van der Waals surface area (Å²) >= 11 is 5.86. The second-order valence-electron chi connectivity index (χ2n) is 8.31. The van der Waals surface area contributed by atoms with Crippen LogP contribution in [-0.2, 0) is 0 Å². The van der Waals surface area contributed by atoms with E-state index in [1.165, 1.54) is 0 Å². The summed E-state index contributed by atoms with van der Waals surface area (Å²) in [6, 6.07) is 5.32. The molecule has 2 aliphatic heterocycles. The number of amides is 2. The number of nitrogen functional groups attached to an aromatic ring is 2. The second kappa shape index (κ2) is 8.83. The van der Waals surface area contributed by atoms with E-state index in [1.54, 1.807) is 46.4 Å². The number of rotatable bonds is 3. The van der Waals surface area contributed by atoms with E-state index in [9.17, 15) is 9.59 Å². The molecule has 13 nitrogen and oxygen atoms in total. The van der Waals surface area contributed by atoms with Gasteiger partial charge in [-0.05, 0) is 31.0 Å². The summed E-state index contributed by atoms with van der Waals surface area (Å²) in [6.07, 6.45) is 6.34. The summed E-state index contributed by atoms with van der Waals surface area (Å²) in [5.74, 6) is 0.0842. The van der Waals surface area contributed by atoms with Gasteiger partial charge in [-0.2, -0.15) is 5.10 Å². The summed E-state index contributed by atoms with van der Waals surface area (Å²) < 4.78 is 1.63. The quantitative estimate of drug-likeness (QED) is 0.395. The van der Waals surface area contributed by atoms with Crippen molar-refractivity contribution >= 4 is 41.0 Å². The van der Waals surface area contributed by atoms with E-state index in [0.717, 1.165) is 0 Å². The number of aromatic nitrogens is 5. The van der Waals surface area contributed by atoms with Crippen LogP contribution in [0.4, 0.5) is 11.6 Å². The fraction of sp³-hybridized carbons (Fsp3) is 0.286. The minimum Gasteiger partial charge on any atom is -0.382 e. The Kier molecular flexibility index (Phi) is 5.68. The molecule has 1 saturated heterocycles. The van der Waals surface area contributed by atoms with Crippen LogP contribution in [0.5, 0.6) is 0 Å². The molecule has 0 aromatic carbocycles. The van der Waals surface area contributed by atoms with Crippen LogP contribution in [0.1, 0.15) is 33.7 Å². The largest absolute Gasteiger partial charge is 0.382 e. The molecule has 0 unspecified atom stereocenters. The first-order chi connectivity index (χ1) is 16.8. The van der Waals surface area contributed by atoms with Crippen molar-refractivity contribution in [2.75, 3.05) is 31.1 Å². The van der Waals surface area contributed by atoms with Gasteiger partial charge in [0.05, 0.1) is 17.6 Å². The van der Waals surface area contributed by atoms with Crippen LogP contribution < -0.4 is 22.1 Å². The predicted octanol–water partition coefficient (Wildman–Crippen LogP) is 0.239. The number of pyridine rings is 1. The fourth-order valence-corrected chi connectivity index (χ4v) is 4.19. The number of carbonyl (C=O) groups excluding carboxylic acids is 2. The topological polar surface area (TPSA) is 182 Å². The summed E-state index contributed by atoms with van der Waals surface area (Å²) in [6.45, 7) is 1.54. The maximum absolute atomic E-state index is 13.0. The molecule has 2 amide bonds. The molecule has 0 aliphatic carbocycles. The van der Waals surface area contributed by atoms with Gasteiger partial charge in [-0.3, -0.25) is 19.9 Å². The number of aliphatic imine (C=N–C) groups is 1. The van der Waals surface area contributed by atoms with E-state index < -0.39 is 5.91 Å². The standard InChI is InChI=1S/C21H22ClN11O2/c22-15-17(24)29-16(23)14(28-15)18(34)30-20-26-11-21(31-20)4-8-32(9-5-21)19(35)12-2-3-13(25-10-12)33-7-1-6-27-33/h1-3,6-7,10H,4-5,8-9,11H2,(H4,23,24,29)(H2,26,30,31,34). The lowest BCUT2D eigenvalue weighted by atomic mass is 9.88. The molecule has 14 heteroatoms. The second-order valence-corrected chi connectivity index (χ2v) is 8.66. The summed E-state index contributed by atoms with van der Waals surface area (Å²) in [5.41, 5.74) is 11.3. The van der Waals surface area contributed by atoms with Gasteiger partial charge in [-0.25, -0.2) is 19.6 Å². The highest BCUT2D eigenvalue weighted by molar-refractivity contribution is 6.31. The van der Waals surface area contributed by atoms with E-state index in [4.69, 9.17) is 23.1 Å². The van der Waals surface area contributed by atoms with E-state index in [0.29, 0.717) is 49.8 Å². The first-order valence-electron chi connectivity index (χ1n) is 10.8. The third-order valence-electron chi connectivity index (χ3n) is 6.02. The average molecular weight is 496 g/mol. The zero-order valence-corrected chi connectivity index (χ0v) is 19.2. The highest BCUT2D eigenvalue weighted by Crippen LogP contribution is 2.27. The Morgan fingerprint density at radius 3 is 2.63 bits per heavy atom. The van der Waals surface area contributed by atoms with Crippen LogP contribution in [0.25, 0.3) is 5.82 Å². The highest BCUT2D eigenvalue weighted by Gasteiger charge is 2.40. The molecule has 0 bridgehead atoms. The van der Waals surface area contributed by atoms with Gasteiger partial charge < -0.3 is 21.7 Å². The summed E-state index contributed by atoms with van der Waals surface area (Å²) in [5, 5.41) is 9.97. The Bertz CT molecular complexity index is 1300. The van der Waals surface area contributed by atoms with Crippen LogP contribution in [-0.4, -0.2) is 72.6 Å². The van der Waals surface area contributed by atoms with Crippen molar-refractivity contribution in [3.8, 4) is 5.82 Å². The number of hydrogen-bond acceptors (Lipinski definition) is 10. The Hall–Kier alpha value is -4.26. The lowest BCUT2D eigenvalue weighted by Crippen LogP contribution is -2.57. The van der Waals surface area contributed by atoms with Crippen LogP contribution >= 0.6 is 11.6 Å². The number of piperidine rings is 1.